The summed E-state index contributed by atoms with van der Waals surface area (Å²) in [7, 11) is -4.39. The maximum absolute atomic E-state index is 12.8. The van der Waals surface area contributed by atoms with Gasteiger partial charge in [-0.15, -0.1) is 0 Å². The Bertz CT molecular complexity index is 1320. The fourth-order valence-electron chi connectivity index (χ4n) is 11.9. The van der Waals surface area contributed by atoms with Gasteiger partial charge in [0.1, 0.15) is 6.61 Å². The highest BCUT2D eigenvalue weighted by Gasteiger charge is 2.26. The standard InChI is InChI=1S/C73H146NO8P/c1-3-5-7-9-11-13-15-17-19-21-23-25-26-27-28-29-30-31-32-33-34-35-36-37-38-39-40-41-42-43-44-46-48-50-52-54-56-58-60-62-64-66-73(76)82-71(70-81-83(77,78)80-68-67-74)69-79-72(75)65-63-61-59-57-55-53-51-49-47-45-24-22-20-18-16-14-12-10-8-6-4-2/h71H,3-70,74H2,1-2H3,(H,77,78). The number of esters is 2. The zero-order chi connectivity index (χ0) is 60.1. The molecule has 0 amide bonds. The molecule has 0 radical (unpaired) electrons. The SMILES string of the molecule is CCCCCCCCCCCCCCCCCCCCCCCCCCCCCCCCCCCCCCCCCCCC(=O)OC(COC(=O)CCCCCCCCCCCCCCCCCCCCCCC)COP(=O)(O)OCCN. The molecule has 3 N–H and O–H groups in total. The van der Waals surface area contributed by atoms with Crippen LogP contribution in [0.5, 0.6) is 0 Å². The first kappa shape index (κ1) is 82.0. The lowest BCUT2D eigenvalue weighted by atomic mass is 10.0. The van der Waals surface area contributed by atoms with Gasteiger partial charge in [0.2, 0.25) is 0 Å². The Morgan fingerprint density at radius 1 is 0.313 bits per heavy atom. The average Bonchev–Trinajstić information content (AvgIpc) is 3.49. The molecule has 0 spiro atoms. The molecule has 0 bridgehead atoms. The third-order valence-electron chi connectivity index (χ3n) is 17.5. The summed E-state index contributed by atoms with van der Waals surface area (Å²) >= 11 is 0. The van der Waals surface area contributed by atoms with Crippen LogP contribution in [0.2, 0.25) is 0 Å². The molecular weight excluding hydrogens is 1050 g/mol. The van der Waals surface area contributed by atoms with Gasteiger partial charge in [0.15, 0.2) is 6.10 Å². The monoisotopic (exact) mass is 1200 g/mol. The molecule has 0 heterocycles. The summed E-state index contributed by atoms with van der Waals surface area (Å²) in [5, 5.41) is 0. The molecule has 0 rings (SSSR count). The van der Waals surface area contributed by atoms with Crippen molar-refractivity contribution in [3.8, 4) is 0 Å². The van der Waals surface area contributed by atoms with Crippen LogP contribution in [-0.2, 0) is 32.7 Å². The molecule has 496 valence electrons. The highest BCUT2D eigenvalue weighted by molar-refractivity contribution is 7.47. The normalized spacial score (nSPS) is 12.8. The molecule has 0 saturated heterocycles. The summed E-state index contributed by atoms with van der Waals surface area (Å²) in [5.74, 6) is -0.797. The van der Waals surface area contributed by atoms with Gasteiger partial charge >= 0.3 is 19.8 Å². The topological polar surface area (TPSA) is 134 Å². The van der Waals surface area contributed by atoms with Gasteiger partial charge in [0, 0.05) is 19.4 Å². The van der Waals surface area contributed by atoms with Crippen molar-refractivity contribution >= 4 is 19.8 Å². The van der Waals surface area contributed by atoms with Crippen LogP contribution in [0.25, 0.3) is 0 Å². The Balaban J connectivity index is 3.69. The lowest BCUT2D eigenvalue weighted by Gasteiger charge is -2.19. The van der Waals surface area contributed by atoms with Gasteiger partial charge in [-0.1, -0.05) is 399 Å². The number of phosphoric ester groups is 1. The van der Waals surface area contributed by atoms with Crippen molar-refractivity contribution in [2.45, 2.75) is 431 Å². The molecular formula is C73H146NO8P. The number of hydrogen-bond donors (Lipinski definition) is 2. The fraction of sp³-hybridized carbons (Fsp3) is 0.973. The van der Waals surface area contributed by atoms with E-state index in [9.17, 15) is 19.0 Å². The number of carbonyl (C=O) groups is 2. The van der Waals surface area contributed by atoms with Gasteiger partial charge in [-0.05, 0) is 12.8 Å². The smallest absolute Gasteiger partial charge is 0.462 e. The minimum absolute atomic E-state index is 0.0588. The van der Waals surface area contributed by atoms with Crippen LogP contribution in [0.3, 0.4) is 0 Å². The second kappa shape index (κ2) is 70.1. The Kier molecular flexibility index (Phi) is 69.3. The summed E-state index contributed by atoms with van der Waals surface area (Å²) in [5.41, 5.74) is 5.40. The molecule has 2 atom stereocenters. The quantitative estimate of drug-likeness (QED) is 0.0347. The first-order valence-electron chi connectivity index (χ1n) is 37.5. The summed E-state index contributed by atoms with van der Waals surface area (Å²) in [4.78, 5) is 35.3. The van der Waals surface area contributed by atoms with E-state index < -0.39 is 26.5 Å². The third kappa shape index (κ3) is 70.0. The van der Waals surface area contributed by atoms with Crippen LogP contribution < -0.4 is 5.73 Å². The van der Waals surface area contributed by atoms with E-state index in [1.54, 1.807) is 0 Å². The van der Waals surface area contributed by atoms with E-state index in [-0.39, 0.29) is 32.1 Å². The fourth-order valence-corrected chi connectivity index (χ4v) is 12.7. The van der Waals surface area contributed by atoms with Gasteiger partial charge in [0.05, 0.1) is 13.2 Å². The van der Waals surface area contributed by atoms with Crippen molar-refractivity contribution in [1.29, 1.82) is 0 Å². The van der Waals surface area contributed by atoms with E-state index in [1.807, 2.05) is 0 Å². The zero-order valence-corrected chi connectivity index (χ0v) is 56.9. The molecule has 10 heteroatoms. The molecule has 0 aliphatic heterocycles. The second-order valence-electron chi connectivity index (χ2n) is 25.9. The van der Waals surface area contributed by atoms with E-state index in [0.29, 0.717) is 12.8 Å². The molecule has 0 aromatic heterocycles. The summed E-state index contributed by atoms with van der Waals surface area (Å²) in [6, 6.07) is 0. The van der Waals surface area contributed by atoms with Crippen molar-refractivity contribution in [1.82, 2.24) is 0 Å². The second-order valence-corrected chi connectivity index (χ2v) is 27.3. The predicted molar refractivity (Wildman–Crippen MR) is 358 cm³/mol. The first-order valence-corrected chi connectivity index (χ1v) is 39.0. The van der Waals surface area contributed by atoms with E-state index in [4.69, 9.17) is 24.3 Å². The van der Waals surface area contributed by atoms with E-state index in [2.05, 4.69) is 13.8 Å². The van der Waals surface area contributed by atoms with Gasteiger partial charge in [0.25, 0.3) is 0 Å². The van der Waals surface area contributed by atoms with Gasteiger partial charge in [-0.2, -0.15) is 0 Å². The van der Waals surface area contributed by atoms with Gasteiger partial charge in [-0.25, -0.2) is 4.57 Å². The van der Waals surface area contributed by atoms with Crippen LogP contribution >= 0.6 is 7.82 Å². The van der Waals surface area contributed by atoms with Crippen molar-refractivity contribution in [2.75, 3.05) is 26.4 Å². The lowest BCUT2D eigenvalue weighted by molar-refractivity contribution is -0.161. The van der Waals surface area contributed by atoms with E-state index in [1.165, 1.54) is 360 Å². The Labute approximate surface area is 517 Å². The van der Waals surface area contributed by atoms with Crippen LogP contribution in [0.15, 0.2) is 0 Å². The van der Waals surface area contributed by atoms with Gasteiger partial charge in [-0.3, -0.25) is 18.6 Å². The summed E-state index contributed by atoms with van der Waals surface area (Å²) in [6.07, 6.45) is 83.9. The molecule has 2 unspecified atom stereocenters. The van der Waals surface area contributed by atoms with Crippen molar-refractivity contribution in [3.05, 3.63) is 0 Å². The molecule has 0 aromatic rings. The molecule has 0 aliphatic rings. The Morgan fingerprint density at radius 3 is 0.735 bits per heavy atom. The van der Waals surface area contributed by atoms with E-state index in [0.717, 1.165) is 32.1 Å². The van der Waals surface area contributed by atoms with Crippen LogP contribution in [-0.4, -0.2) is 49.3 Å². The van der Waals surface area contributed by atoms with Crippen molar-refractivity contribution in [2.24, 2.45) is 5.73 Å². The predicted octanol–water partition coefficient (Wildman–Crippen LogP) is 24.5. The number of ether oxygens (including phenoxy) is 2. The average molecular weight is 1200 g/mol. The number of rotatable bonds is 73. The largest absolute Gasteiger partial charge is 0.472 e. The maximum atomic E-state index is 12.8. The van der Waals surface area contributed by atoms with Crippen molar-refractivity contribution < 1.29 is 37.6 Å². The van der Waals surface area contributed by atoms with E-state index >= 15 is 0 Å². The number of hydrogen-bond acceptors (Lipinski definition) is 8. The molecule has 0 saturated carbocycles. The molecule has 9 nitrogen and oxygen atoms in total. The van der Waals surface area contributed by atoms with Crippen LogP contribution in [0.1, 0.15) is 425 Å². The maximum Gasteiger partial charge on any atom is 0.472 e. The number of phosphoric acid groups is 1. The first-order chi connectivity index (χ1) is 40.8. The molecule has 0 aliphatic carbocycles. The molecule has 83 heavy (non-hydrogen) atoms. The van der Waals surface area contributed by atoms with Crippen LogP contribution in [0.4, 0.5) is 0 Å². The minimum Gasteiger partial charge on any atom is -0.462 e. The van der Waals surface area contributed by atoms with Crippen LogP contribution in [0, 0.1) is 0 Å². The third-order valence-corrected chi connectivity index (χ3v) is 18.5. The molecule has 0 aromatic carbocycles. The summed E-state index contributed by atoms with van der Waals surface area (Å²) in [6.45, 7) is 3.85. The number of nitrogens with two attached hydrogens (primary N) is 1. The minimum atomic E-state index is -4.39. The highest BCUT2D eigenvalue weighted by Crippen LogP contribution is 2.43. The zero-order valence-electron chi connectivity index (χ0n) is 56.0. The van der Waals surface area contributed by atoms with Crippen molar-refractivity contribution in [3.63, 3.8) is 0 Å². The Morgan fingerprint density at radius 2 is 0.518 bits per heavy atom. The van der Waals surface area contributed by atoms with Gasteiger partial charge < -0.3 is 20.1 Å². The highest BCUT2D eigenvalue weighted by atomic mass is 31.2. The summed E-state index contributed by atoms with van der Waals surface area (Å²) < 4.78 is 33.2. The molecule has 0 fully saturated rings. The number of unbranched alkanes of at least 4 members (excludes halogenated alkanes) is 60. The lowest BCUT2D eigenvalue weighted by Crippen LogP contribution is -2.29. The number of carbonyl (C=O) groups excluding carboxylic acids is 2. The Hall–Kier alpha value is -0.990.